The van der Waals surface area contributed by atoms with Gasteiger partial charge in [0, 0.05) is 49.0 Å². The summed E-state index contributed by atoms with van der Waals surface area (Å²) in [5.74, 6) is 2.12. The minimum atomic E-state index is -0.0845. The molecule has 4 heterocycles. The van der Waals surface area contributed by atoms with Crippen LogP contribution in [0.2, 0.25) is 0 Å². The summed E-state index contributed by atoms with van der Waals surface area (Å²) in [4.78, 5) is 28.1. The third-order valence-corrected chi connectivity index (χ3v) is 6.25. The first-order valence-electron chi connectivity index (χ1n) is 9.94. The maximum Gasteiger partial charge on any atom is 0.254 e. The first-order valence-corrected chi connectivity index (χ1v) is 10.9. The largest absolute Gasteiger partial charge is 0.361 e. The van der Waals surface area contributed by atoms with Gasteiger partial charge >= 0.3 is 0 Å². The van der Waals surface area contributed by atoms with Crippen LogP contribution >= 0.6 is 11.8 Å². The Kier molecular flexibility index (Phi) is 6.27. The van der Waals surface area contributed by atoms with E-state index in [0.717, 1.165) is 48.9 Å². The molecule has 1 amide bonds. The normalized spacial score (nSPS) is 14.7. The van der Waals surface area contributed by atoms with Crippen LogP contribution in [-0.2, 0) is 5.75 Å². The average Bonchev–Trinajstić information content (AvgIpc) is 3.11. The SMILES string of the molecule is Cc1noc(C)c1CSc1ncccc1C(=O)NC1CCN(c2ncccn2)CC1. The van der Waals surface area contributed by atoms with Crippen LogP contribution in [0.3, 0.4) is 0 Å². The topological polar surface area (TPSA) is 97.0 Å². The predicted molar refractivity (Wildman–Crippen MR) is 115 cm³/mol. The number of piperidine rings is 1. The van der Waals surface area contributed by atoms with Gasteiger partial charge in [-0.1, -0.05) is 5.16 Å². The number of hydrogen-bond acceptors (Lipinski definition) is 8. The third kappa shape index (κ3) is 4.62. The highest BCUT2D eigenvalue weighted by molar-refractivity contribution is 7.98. The van der Waals surface area contributed by atoms with E-state index in [1.54, 1.807) is 24.7 Å². The second kappa shape index (κ2) is 9.25. The second-order valence-corrected chi connectivity index (χ2v) is 8.20. The first-order chi connectivity index (χ1) is 14.6. The summed E-state index contributed by atoms with van der Waals surface area (Å²) >= 11 is 1.52. The van der Waals surface area contributed by atoms with E-state index < -0.39 is 0 Å². The van der Waals surface area contributed by atoms with Crippen LogP contribution in [0.4, 0.5) is 5.95 Å². The number of carbonyl (C=O) groups excluding carboxylic acids is 1. The lowest BCUT2D eigenvalue weighted by atomic mass is 10.0. The molecule has 1 aliphatic heterocycles. The van der Waals surface area contributed by atoms with E-state index in [2.05, 4.69) is 30.3 Å². The van der Waals surface area contributed by atoms with Crippen molar-refractivity contribution in [1.82, 2.24) is 25.4 Å². The predicted octanol–water partition coefficient (Wildman–Crippen LogP) is 3.17. The maximum atomic E-state index is 12.9. The van der Waals surface area contributed by atoms with Crippen LogP contribution in [0.25, 0.3) is 0 Å². The van der Waals surface area contributed by atoms with Crippen LogP contribution in [-0.4, -0.2) is 45.1 Å². The van der Waals surface area contributed by atoms with Crippen molar-refractivity contribution in [2.45, 2.75) is 43.5 Å². The van der Waals surface area contributed by atoms with Crippen LogP contribution in [0.5, 0.6) is 0 Å². The molecule has 0 bridgehead atoms. The Hall–Kier alpha value is -2.94. The molecule has 0 aliphatic carbocycles. The zero-order valence-corrected chi connectivity index (χ0v) is 17.9. The summed E-state index contributed by atoms with van der Waals surface area (Å²) in [6.07, 6.45) is 6.92. The zero-order valence-electron chi connectivity index (χ0n) is 17.0. The standard InChI is InChI=1S/C21H24N6O2S/c1-14-18(15(2)29-26-14)13-30-20-17(5-3-8-22-20)19(28)25-16-6-11-27(12-7-16)21-23-9-4-10-24-21/h3-5,8-10,16H,6-7,11-13H2,1-2H3,(H,25,28). The summed E-state index contributed by atoms with van der Waals surface area (Å²) in [6, 6.07) is 5.55. The Morgan fingerprint density at radius 3 is 2.60 bits per heavy atom. The van der Waals surface area contributed by atoms with Crippen molar-refractivity contribution in [2.75, 3.05) is 18.0 Å². The molecule has 30 heavy (non-hydrogen) atoms. The lowest BCUT2D eigenvalue weighted by molar-refractivity contribution is 0.0927. The van der Waals surface area contributed by atoms with Gasteiger partial charge in [0.15, 0.2) is 0 Å². The molecule has 3 aromatic heterocycles. The third-order valence-electron chi connectivity index (χ3n) is 5.22. The fourth-order valence-corrected chi connectivity index (χ4v) is 4.61. The molecular weight excluding hydrogens is 400 g/mol. The molecule has 8 nitrogen and oxygen atoms in total. The van der Waals surface area contributed by atoms with Gasteiger partial charge in [-0.15, -0.1) is 11.8 Å². The van der Waals surface area contributed by atoms with Gasteiger partial charge in [-0.25, -0.2) is 15.0 Å². The highest BCUT2D eigenvalue weighted by Gasteiger charge is 2.24. The molecule has 1 N–H and O–H groups in total. The molecule has 1 saturated heterocycles. The fourth-order valence-electron chi connectivity index (χ4n) is 3.47. The number of thioether (sulfide) groups is 1. The van der Waals surface area contributed by atoms with Crippen LogP contribution in [0.15, 0.2) is 46.3 Å². The molecule has 9 heteroatoms. The summed E-state index contributed by atoms with van der Waals surface area (Å²) in [5.41, 5.74) is 2.52. The number of pyridine rings is 1. The second-order valence-electron chi connectivity index (χ2n) is 7.23. The Morgan fingerprint density at radius 2 is 1.90 bits per heavy atom. The van der Waals surface area contributed by atoms with Gasteiger partial charge in [0.2, 0.25) is 5.95 Å². The number of rotatable bonds is 6. The molecule has 4 rings (SSSR count). The van der Waals surface area contributed by atoms with Crippen molar-refractivity contribution in [1.29, 1.82) is 0 Å². The summed E-state index contributed by atoms with van der Waals surface area (Å²) in [7, 11) is 0. The molecule has 0 aromatic carbocycles. The smallest absolute Gasteiger partial charge is 0.254 e. The number of hydrogen-bond donors (Lipinski definition) is 1. The first kappa shape index (κ1) is 20.3. The molecule has 0 spiro atoms. The maximum absolute atomic E-state index is 12.9. The Balaban J connectivity index is 1.36. The van der Waals surface area contributed by atoms with Crippen molar-refractivity contribution < 1.29 is 9.32 Å². The van der Waals surface area contributed by atoms with E-state index in [1.165, 1.54) is 11.8 Å². The molecule has 156 valence electrons. The molecular formula is C21H24N6O2S. The number of anilines is 1. The molecule has 0 radical (unpaired) electrons. The fraction of sp³-hybridized carbons (Fsp3) is 0.381. The Morgan fingerprint density at radius 1 is 1.17 bits per heavy atom. The lowest BCUT2D eigenvalue weighted by Gasteiger charge is -2.32. The van der Waals surface area contributed by atoms with Crippen LogP contribution in [0, 0.1) is 13.8 Å². The van der Waals surface area contributed by atoms with E-state index in [9.17, 15) is 4.79 Å². The van der Waals surface area contributed by atoms with Gasteiger partial charge in [-0.3, -0.25) is 4.79 Å². The lowest BCUT2D eigenvalue weighted by Crippen LogP contribution is -2.45. The number of nitrogens with zero attached hydrogens (tertiary/aromatic N) is 5. The number of amides is 1. The van der Waals surface area contributed by atoms with Gasteiger partial charge < -0.3 is 14.7 Å². The Labute approximate surface area is 179 Å². The van der Waals surface area contributed by atoms with Crippen molar-refractivity contribution >= 4 is 23.6 Å². The number of aromatic nitrogens is 4. The highest BCUT2D eigenvalue weighted by atomic mass is 32.2. The van der Waals surface area contributed by atoms with Gasteiger partial charge in [0.25, 0.3) is 5.91 Å². The minimum absolute atomic E-state index is 0.0845. The van der Waals surface area contributed by atoms with E-state index in [4.69, 9.17) is 4.52 Å². The zero-order chi connectivity index (χ0) is 20.9. The minimum Gasteiger partial charge on any atom is -0.361 e. The van der Waals surface area contributed by atoms with Crippen molar-refractivity contribution in [2.24, 2.45) is 0 Å². The van der Waals surface area contributed by atoms with Crippen molar-refractivity contribution in [3.8, 4) is 0 Å². The molecule has 0 saturated carbocycles. The van der Waals surface area contributed by atoms with Gasteiger partial charge in [0.1, 0.15) is 10.8 Å². The molecule has 1 fully saturated rings. The molecule has 3 aromatic rings. The van der Waals surface area contributed by atoms with E-state index >= 15 is 0 Å². The number of aryl methyl sites for hydroxylation is 2. The summed E-state index contributed by atoms with van der Waals surface area (Å²) < 4.78 is 5.23. The molecule has 0 unspecified atom stereocenters. The monoisotopic (exact) mass is 424 g/mol. The quantitative estimate of drug-likeness (QED) is 0.603. The van der Waals surface area contributed by atoms with Crippen LogP contribution in [0.1, 0.15) is 40.2 Å². The highest BCUT2D eigenvalue weighted by Crippen LogP contribution is 2.27. The summed E-state index contributed by atoms with van der Waals surface area (Å²) in [5, 5.41) is 7.88. The van der Waals surface area contributed by atoms with E-state index in [0.29, 0.717) is 16.3 Å². The number of nitrogens with one attached hydrogen (secondary N) is 1. The Bertz CT molecular complexity index is 982. The molecule has 1 aliphatic rings. The van der Waals surface area contributed by atoms with Crippen LogP contribution < -0.4 is 10.2 Å². The van der Waals surface area contributed by atoms with Crippen molar-refractivity contribution in [3.63, 3.8) is 0 Å². The summed E-state index contributed by atoms with van der Waals surface area (Å²) in [6.45, 7) is 5.45. The van der Waals surface area contributed by atoms with Crippen molar-refractivity contribution in [3.05, 3.63) is 59.4 Å². The van der Waals surface area contributed by atoms with E-state index in [-0.39, 0.29) is 11.9 Å². The van der Waals surface area contributed by atoms with E-state index in [1.807, 2.05) is 26.0 Å². The number of carbonyl (C=O) groups is 1. The van der Waals surface area contributed by atoms with Gasteiger partial charge in [-0.2, -0.15) is 0 Å². The van der Waals surface area contributed by atoms with Gasteiger partial charge in [0.05, 0.1) is 11.3 Å². The van der Waals surface area contributed by atoms with Gasteiger partial charge in [-0.05, 0) is 44.9 Å². The average molecular weight is 425 g/mol. The molecule has 0 atom stereocenters.